The zero-order chi connectivity index (χ0) is 13.7. The Morgan fingerprint density at radius 1 is 1.37 bits per heavy atom. The zero-order valence-electron chi connectivity index (χ0n) is 11.3. The van der Waals surface area contributed by atoms with Crippen LogP contribution in [0.1, 0.15) is 31.9 Å². The van der Waals surface area contributed by atoms with Crippen LogP contribution in [-0.2, 0) is 16.1 Å². The van der Waals surface area contributed by atoms with E-state index in [1.54, 1.807) is 17.2 Å². The lowest BCUT2D eigenvalue weighted by Gasteiger charge is -2.21. The molecule has 5 nitrogen and oxygen atoms in total. The summed E-state index contributed by atoms with van der Waals surface area (Å²) in [5.41, 5.74) is 0. The third-order valence-corrected chi connectivity index (χ3v) is 3.43. The highest BCUT2D eigenvalue weighted by molar-refractivity contribution is 5.78. The Kier molecular flexibility index (Phi) is 4.60. The van der Waals surface area contributed by atoms with Crippen LogP contribution in [0.2, 0.25) is 0 Å². The molecule has 2 heterocycles. The van der Waals surface area contributed by atoms with Crippen LogP contribution in [0.25, 0.3) is 0 Å². The minimum atomic E-state index is -0.0365. The highest BCUT2D eigenvalue weighted by atomic mass is 16.3. The Labute approximate surface area is 113 Å². The smallest absolute Gasteiger partial charge is 0.224 e. The van der Waals surface area contributed by atoms with Crippen LogP contribution < -0.4 is 0 Å². The Hall–Kier alpha value is -1.78. The predicted molar refractivity (Wildman–Crippen MR) is 70.2 cm³/mol. The van der Waals surface area contributed by atoms with Crippen molar-refractivity contribution in [2.75, 3.05) is 19.6 Å². The molecule has 0 atom stereocenters. The first-order valence-electron chi connectivity index (χ1n) is 6.72. The fourth-order valence-corrected chi connectivity index (χ4v) is 2.29. The van der Waals surface area contributed by atoms with E-state index in [1.807, 2.05) is 11.0 Å². The lowest BCUT2D eigenvalue weighted by molar-refractivity contribution is -0.133. The van der Waals surface area contributed by atoms with Gasteiger partial charge in [0, 0.05) is 33.0 Å². The molecule has 1 aliphatic heterocycles. The average molecular weight is 264 g/mol. The second-order valence-electron chi connectivity index (χ2n) is 4.86. The molecule has 0 spiro atoms. The number of amides is 2. The zero-order valence-corrected chi connectivity index (χ0v) is 11.3. The van der Waals surface area contributed by atoms with Gasteiger partial charge < -0.3 is 14.2 Å². The van der Waals surface area contributed by atoms with Gasteiger partial charge in [0.05, 0.1) is 12.8 Å². The number of hydrogen-bond acceptors (Lipinski definition) is 3. The van der Waals surface area contributed by atoms with Crippen molar-refractivity contribution in [1.82, 2.24) is 9.80 Å². The van der Waals surface area contributed by atoms with E-state index < -0.39 is 0 Å². The van der Waals surface area contributed by atoms with Crippen LogP contribution in [0, 0.1) is 0 Å². The molecule has 104 valence electrons. The summed E-state index contributed by atoms with van der Waals surface area (Å²) in [5.74, 6) is 0.845. The molecule has 1 aromatic rings. The first-order valence-corrected chi connectivity index (χ1v) is 6.72. The molecule has 1 fully saturated rings. The van der Waals surface area contributed by atoms with Gasteiger partial charge >= 0.3 is 0 Å². The molecule has 1 aliphatic rings. The van der Waals surface area contributed by atoms with Gasteiger partial charge in [-0.05, 0) is 25.0 Å². The summed E-state index contributed by atoms with van der Waals surface area (Å²) in [6.07, 6.45) is 4.16. The highest BCUT2D eigenvalue weighted by Crippen LogP contribution is 2.11. The number of likely N-dealkylation sites (tertiary alicyclic amines) is 1. The quantitative estimate of drug-likeness (QED) is 0.812. The van der Waals surface area contributed by atoms with Crippen LogP contribution in [0.3, 0.4) is 0 Å². The normalized spacial score (nSPS) is 14.7. The Bertz CT molecular complexity index is 422. The van der Waals surface area contributed by atoms with Crippen molar-refractivity contribution in [3.05, 3.63) is 24.2 Å². The molecule has 1 aromatic heterocycles. The standard InChI is InChI=1S/C14H20N2O3/c1-12(17)16(11-13-5-4-10-19-13)9-6-14(18)15-7-2-3-8-15/h4-5,10H,2-3,6-9,11H2,1H3. The molecule has 2 amide bonds. The van der Waals surface area contributed by atoms with Gasteiger partial charge in [-0.1, -0.05) is 0 Å². The molecular weight excluding hydrogens is 244 g/mol. The minimum Gasteiger partial charge on any atom is -0.467 e. The highest BCUT2D eigenvalue weighted by Gasteiger charge is 2.19. The van der Waals surface area contributed by atoms with Crippen LogP contribution in [-0.4, -0.2) is 41.2 Å². The molecule has 0 N–H and O–H groups in total. The van der Waals surface area contributed by atoms with E-state index in [0.717, 1.165) is 31.7 Å². The molecule has 0 saturated carbocycles. The molecule has 0 aromatic carbocycles. The monoisotopic (exact) mass is 264 g/mol. The van der Waals surface area contributed by atoms with E-state index in [0.29, 0.717) is 19.5 Å². The molecule has 0 radical (unpaired) electrons. The minimum absolute atomic E-state index is 0.0365. The van der Waals surface area contributed by atoms with E-state index >= 15 is 0 Å². The van der Waals surface area contributed by atoms with Gasteiger partial charge in [0.2, 0.25) is 11.8 Å². The van der Waals surface area contributed by atoms with Crippen molar-refractivity contribution in [2.45, 2.75) is 32.7 Å². The lowest BCUT2D eigenvalue weighted by atomic mass is 10.3. The van der Waals surface area contributed by atoms with Crippen LogP contribution in [0.15, 0.2) is 22.8 Å². The van der Waals surface area contributed by atoms with Crippen molar-refractivity contribution in [2.24, 2.45) is 0 Å². The van der Waals surface area contributed by atoms with Crippen LogP contribution in [0.5, 0.6) is 0 Å². The molecule has 19 heavy (non-hydrogen) atoms. The fraction of sp³-hybridized carbons (Fsp3) is 0.571. The second-order valence-corrected chi connectivity index (χ2v) is 4.86. The van der Waals surface area contributed by atoms with Gasteiger partial charge in [0.1, 0.15) is 5.76 Å². The summed E-state index contributed by atoms with van der Waals surface area (Å²) in [7, 11) is 0. The fourth-order valence-electron chi connectivity index (χ4n) is 2.29. The number of furan rings is 1. The van der Waals surface area contributed by atoms with Crippen molar-refractivity contribution in [3.63, 3.8) is 0 Å². The summed E-state index contributed by atoms with van der Waals surface area (Å²) in [5, 5.41) is 0. The van der Waals surface area contributed by atoms with Crippen molar-refractivity contribution in [1.29, 1.82) is 0 Å². The largest absolute Gasteiger partial charge is 0.467 e. The summed E-state index contributed by atoms with van der Waals surface area (Å²) in [6.45, 7) is 4.11. The third kappa shape index (κ3) is 3.84. The molecule has 0 bridgehead atoms. The average Bonchev–Trinajstić information content (AvgIpc) is 3.06. The topological polar surface area (TPSA) is 53.8 Å². The second kappa shape index (κ2) is 6.41. The summed E-state index contributed by atoms with van der Waals surface area (Å²) < 4.78 is 5.23. The van der Waals surface area contributed by atoms with E-state index in [2.05, 4.69) is 0 Å². The van der Waals surface area contributed by atoms with Crippen LogP contribution >= 0.6 is 0 Å². The Morgan fingerprint density at radius 3 is 2.68 bits per heavy atom. The number of rotatable bonds is 5. The van der Waals surface area contributed by atoms with E-state index in [-0.39, 0.29) is 11.8 Å². The Balaban J connectivity index is 1.83. The molecular formula is C14H20N2O3. The van der Waals surface area contributed by atoms with Gasteiger partial charge in [0.15, 0.2) is 0 Å². The van der Waals surface area contributed by atoms with Crippen molar-refractivity contribution < 1.29 is 14.0 Å². The number of hydrogen-bond donors (Lipinski definition) is 0. The number of carbonyl (C=O) groups excluding carboxylic acids is 2. The van der Waals surface area contributed by atoms with E-state index in [9.17, 15) is 9.59 Å². The lowest BCUT2D eigenvalue weighted by Crippen LogP contribution is -2.34. The maximum atomic E-state index is 11.9. The summed E-state index contributed by atoms with van der Waals surface area (Å²) >= 11 is 0. The first kappa shape index (κ1) is 13.6. The van der Waals surface area contributed by atoms with Crippen LogP contribution in [0.4, 0.5) is 0 Å². The van der Waals surface area contributed by atoms with E-state index in [4.69, 9.17) is 4.42 Å². The first-order chi connectivity index (χ1) is 9.16. The van der Waals surface area contributed by atoms with Gasteiger partial charge in [-0.3, -0.25) is 9.59 Å². The molecule has 2 rings (SSSR count). The van der Waals surface area contributed by atoms with Crippen molar-refractivity contribution in [3.8, 4) is 0 Å². The SMILES string of the molecule is CC(=O)N(CCC(=O)N1CCCC1)Cc1ccco1. The molecule has 0 aliphatic carbocycles. The maximum Gasteiger partial charge on any atom is 0.224 e. The molecule has 5 heteroatoms. The Morgan fingerprint density at radius 2 is 2.11 bits per heavy atom. The molecule has 0 unspecified atom stereocenters. The summed E-state index contributed by atoms with van der Waals surface area (Å²) in [6, 6.07) is 3.63. The van der Waals surface area contributed by atoms with Gasteiger partial charge in [-0.15, -0.1) is 0 Å². The maximum absolute atomic E-state index is 11.9. The number of carbonyl (C=O) groups is 2. The molecule has 1 saturated heterocycles. The van der Waals surface area contributed by atoms with Gasteiger partial charge in [0.25, 0.3) is 0 Å². The van der Waals surface area contributed by atoms with Gasteiger partial charge in [-0.2, -0.15) is 0 Å². The van der Waals surface area contributed by atoms with E-state index in [1.165, 1.54) is 6.92 Å². The van der Waals surface area contributed by atoms with Gasteiger partial charge in [-0.25, -0.2) is 0 Å². The summed E-state index contributed by atoms with van der Waals surface area (Å²) in [4.78, 5) is 27.0. The predicted octanol–water partition coefficient (Wildman–Crippen LogP) is 1.64. The number of nitrogens with zero attached hydrogens (tertiary/aromatic N) is 2. The van der Waals surface area contributed by atoms with Crippen molar-refractivity contribution >= 4 is 11.8 Å². The third-order valence-electron chi connectivity index (χ3n) is 3.43.